The standard InChI is InChI=1S/C23H19ClN4O3/c1-15-7-8-20-19(12-15)28(10-11-30-20)21(29)14-27-9-3-6-18(27)23-25-22(26-31-23)16-4-2-5-17(24)13-16/h2-9,12-13H,10-11,14H2,1H3. The monoisotopic (exact) mass is 434 g/mol. The number of hydrogen-bond donors (Lipinski definition) is 0. The number of anilines is 1. The summed E-state index contributed by atoms with van der Waals surface area (Å²) in [7, 11) is 0. The summed E-state index contributed by atoms with van der Waals surface area (Å²) in [4.78, 5) is 19.4. The number of hydrogen-bond acceptors (Lipinski definition) is 5. The molecule has 1 aliphatic heterocycles. The van der Waals surface area contributed by atoms with E-state index in [1.165, 1.54) is 0 Å². The van der Waals surface area contributed by atoms with Gasteiger partial charge in [-0.1, -0.05) is 35.0 Å². The highest BCUT2D eigenvalue weighted by atomic mass is 35.5. The number of carbonyl (C=O) groups excluding carboxylic acids is 1. The van der Waals surface area contributed by atoms with E-state index in [1.54, 1.807) is 17.0 Å². The first-order chi connectivity index (χ1) is 15.1. The number of ether oxygens (including phenoxy) is 1. The summed E-state index contributed by atoms with van der Waals surface area (Å²) in [6, 6.07) is 16.8. The third-order valence-corrected chi connectivity index (χ3v) is 5.38. The molecule has 7 nitrogen and oxygen atoms in total. The first-order valence-electron chi connectivity index (χ1n) is 9.87. The molecule has 0 atom stereocenters. The van der Waals surface area contributed by atoms with E-state index in [0.717, 1.165) is 22.6 Å². The van der Waals surface area contributed by atoms with Crippen molar-refractivity contribution in [2.24, 2.45) is 0 Å². The van der Waals surface area contributed by atoms with Crippen LogP contribution in [0.25, 0.3) is 23.0 Å². The van der Waals surface area contributed by atoms with Crippen LogP contribution in [-0.2, 0) is 11.3 Å². The van der Waals surface area contributed by atoms with E-state index in [4.69, 9.17) is 20.9 Å². The van der Waals surface area contributed by atoms with Crippen molar-refractivity contribution in [1.29, 1.82) is 0 Å². The van der Waals surface area contributed by atoms with Gasteiger partial charge in [0.05, 0.1) is 12.2 Å². The molecule has 0 N–H and O–H groups in total. The van der Waals surface area contributed by atoms with Gasteiger partial charge in [-0.2, -0.15) is 4.98 Å². The minimum absolute atomic E-state index is 0.0396. The summed E-state index contributed by atoms with van der Waals surface area (Å²) in [6.07, 6.45) is 1.83. The van der Waals surface area contributed by atoms with Crippen LogP contribution in [0.2, 0.25) is 5.02 Å². The van der Waals surface area contributed by atoms with Gasteiger partial charge in [0.2, 0.25) is 11.7 Å². The van der Waals surface area contributed by atoms with Gasteiger partial charge in [0.1, 0.15) is 24.6 Å². The van der Waals surface area contributed by atoms with Crippen LogP contribution < -0.4 is 9.64 Å². The molecule has 5 rings (SSSR count). The topological polar surface area (TPSA) is 73.4 Å². The maximum atomic E-state index is 13.2. The van der Waals surface area contributed by atoms with Gasteiger partial charge in [0.25, 0.3) is 5.89 Å². The van der Waals surface area contributed by atoms with Crippen LogP contribution in [0.1, 0.15) is 5.56 Å². The van der Waals surface area contributed by atoms with Crippen molar-refractivity contribution in [3.63, 3.8) is 0 Å². The Kier molecular flexibility index (Phi) is 4.95. The number of fused-ring (bicyclic) bond motifs is 1. The van der Waals surface area contributed by atoms with Crippen LogP contribution >= 0.6 is 11.6 Å². The van der Waals surface area contributed by atoms with E-state index in [9.17, 15) is 4.79 Å². The van der Waals surface area contributed by atoms with E-state index in [0.29, 0.717) is 35.6 Å². The number of benzene rings is 2. The number of aromatic nitrogens is 3. The zero-order chi connectivity index (χ0) is 21.4. The molecule has 2 aromatic carbocycles. The Morgan fingerprint density at radius 1 is 1.16 bits per heavy atom. The van der Waals surface area contributed by atoms with Gasteiger partial charge in [-0.3, -0.25) is 4.79 Å². The predicted octanol–water partition coefficient (Wildman–Crippen LogP) is 4.59. The predicted molar refractivity (Wildman–Crippen MR) is 117 cm³/mol. The fourth-order valence-electron chi connectivity index (χ4n) is 3.64. The number of amides is 1. The second-order valence-electron chi connectivity index (χ2n) is 7.32. The van der Waals surface area contributed by atoms with Gasteiger partial charge >= 0.3 is 0 Å². The summed E-state index contributed by atoms with van der Waals surface area (Å²) >= 11 is 6.06. The summed E-state index contributed by atoms with van der Waals surface area (Å²) < 4.78 is 13.0. The Hall–Kier alpha value is -3.58. The van der Waals surface area contributed by atoms with Crippen LogP contribution in [-0.4, -0.2) is 33.8 Å². The normalized spacial score (nSPS) is 13.0. The lowest BCUT2D eigenvalue weighted by atomic mass is 10.1. The summed E-state index contributed by atoms with van der Waals surface area (Å²) in [5, 5.41) is 4.66. The number of aryl methyl sites for hydroxylation is 1. The molecule has 1 aliphatic rings. The lowest BCUT2D eigenvalue weighted by molar-refractivity contribution is -0.119. The molecule has 0 aliphatic carbocycles. The molecule has 31 heavy (non-hydrogen) atoms. The highest BCUT2D eigenvalue weighted by molar-refractivity contribution is 6.30. The van der Waals surface area contributed by atoms with Crippen molar-refractivity contribution >= 4 is 23.2 Å². The second kappa shape index (κ2) is 7.92. The molecular weight excluding hydrogens is 416 g/mol. The highest BCUT2D eigenvalue weighted by Crippen LogP contribution is 2.33. The van der Waals surface area contributed by atoms with Crippen LogP contribution in [0, 0.1) is 6.92 Å². The molecule has 0 bridgehead atoms. The summed E-state index contributed by atoms with van der Waals surface area (Å²) in [6.45, 7) is 3.11. The Balaban J connectivity index is 1.40. The van der Waals surface area contributed by atoms with Gasteiger partial charge in [0, 0.05) is 16.8 Å². The van der Waals surface area contributed by atoms with Gasteiger partial charge in [-0.25, -0.2) is 0 Å². The van der Waals surface area contributed by atoms with Crippen molar-refractivity contribution < 1.29 is 14.1 Å². The van der Waals surface area contributed by atoms with Gasteiger partial charge in [-0.05, 0) is 48.9 Å². The SMILES string of the molecule is Cc1ccc2c(c1)N(C(=O)Cn1cccc1-c1nc(-c3cccc(Cl)c3)no1)CCO2. The fraction of sp³-hybridized carbons (Fsp3) is 0.174. The number of rotatable bonds is 4. The van der Waals surface area contributed by atoms with E-state index in [1.807, 2.05) is 60.2 Å². The molecule has 0 radical (unpaired) electrons. The van der Waals surface area contributed by atoms with Crippen molar-refractivity contribution in [3.05, 3.63) is 71.4 Å². The molecule has 1 amide bonds. The Labute approximate surface area is 183 Å². The van der Waals surface area contributed by atoms with Crippen LogP contribution in [0.3, 0.4) is 0 Å². The molecule has 156 valence electrons. The zero-order valence-electron chi connectivity index (χ0n) is 16.8. The van der Waals surface area contributed by atoms with Crippen molar-refractivity contribution in [2.45, 2.75) is 13.5 Å². The molecule has 3 heterocycles. The Bertz CT molecular complexity index is 1260. The molecular formula is C23H19ClN4O3. The van der Waals surface area contributed by atoms with Crippen molar-refractivity contribution in [3.8, 4) is 28.7 Å². The highest BCUT2D eigenvalue weighted by Gasteiger charge is 2.25. The smallest absolute Gasteiger partial charge is 0.274 e. The first-order valence-corrected chi connectivity index (χ1v) is 10.3. The summed E-state index contributed by atoms with van der Waals surface area (Å²) in [5.41, 5.74) is 3.30. The molecule has 4 aromatic rings. The average Bonchev–Trinajstić information content (AvgIpc) is 3.42. The molecule has 2 aromatic heterocycles. The molecule has 0 fully saturated rings. The molecule has 0 spiro atoms. The van der Waals surface area contributed by atoms with E-state index in [2.05, 4.69) is 10.1 Å². The van der Waals surface area contributed by atoms with Crippen LogP contribution in [0.4, 0.5) is 5.69 Å². The van der Waals surface area contributed by atoms with Gasteiger partial charge < -0.3 is 18.7 Å². The van der Waals surface area contributed by atoms with E-state index >= 15 is 0 Å². The minimum atomic E-state index is -0.0396. The first kappa shape index (κ1) is 19.4. The second-order valence-corrected chi connectivity index (χ2v) is 7.76. The van der Waals surface area contributed by atoms with Crippen LogP contribution in [0.5, 0.6) is 5.75 Å². The molecule has 0 saturated heterocycles. The number of carbonyl (C=O) groups is 1. The maximum absolute atomic E-state index is 13.2. The Morgan fingerprint density at radius 3 is 2.94 bits per heavy atom. The molecule has 0 unspecified atom stereocenters. The largest absolute Gasteiger partial charge is 0.490 e. The Morgan fingerprint density at radius 2 is 2.06 bits per heavy atom. The van der Waals surface area contributed by atoms with Gasteiger partial charge in [0.15, 0.2) is 0 Å². The third-order valence-electron chi connectivity index (χ3n) is 5.14. The summed E-state index contributed by atoms with van der Waals surface area (Å²) in [5.74, 6) is 1.46. The molecule has 8 heteroatoms. The third kappa shape index (κ3) is 3.80. The van der Waals surface area contributed by atoms with Crippen molar-refractivity contribution in [2.75, 3.05) is 18.1 Å². The minimum Gasteiger partial charge on any atom is -0.490 e. The maximum Gasteiger partial charge on any atom is 0.274 e. The average molecular weight is 435 g/mol. The number of nitrogens with zero attached hydrogens (tertiary/aromatic N) is 4. The van der Waals surface area contributed by atoms with E-state index in [-0.39, 0.29) is 12.5 Å². The lowest BCUT2D eigenvalue weighted by Crippen LogP contribution is -2.39. The fourth-order valence-corrected chi connectivity index (χ4v) is 3.83. The number of halogens is 1. The zero-order valence-corrected chi connectivity index (χ0v) is 17.5. The van der Waals surface area contributed by atoms with Crippen molar-refractivity contribution in [1.82, 2.24) is 14.7 Å². The lowest BCUT2D eigenvalue weighted by Gasteiger charge is -2.30. The van der Waals surface area contributed by atoms with Crippen LogP contribution in [0.15, 0.2) is 65.3 Å². The molecule has 0 saturated carbocycles. The quantitative estimate of drug-likeness (QED) is 0.469. The van der Waals surface area contributed by atoms with Gasteiger partial charge in [-0.15, -0.1) is 0 Å². The van der Waals surface area contributed by atoms with E-state index < -0.39 is 0 Å².